The second kappa shape index (κ2) is 6.01. The molecule has 3 nitrogen and oxygen atoms in total. The number of nitrogens with one attached hydrogen (secondary N) is 2. The molecule has 18 heavy (non-hydrogen) atoms. The molecule has 0 radical (unpaired) electrons. The molecule has 98 valence electrons. The predicted molar refractivity (Wildman–Crippen MR) is 73.3 cm³/mol. The Bertz CT molecular complexity index is 411. The molecule has 3 heteroatoms. The summed E-state index contributed by atoms with van der Waals surface area (Å²) in [5.41, 5.74) is 2.40. The third-order valence-electron chi connectivity index (χ3n) is 3.57. The average Bonchev–Trinajstić information content (AvgIpc) is 2.39. The highest BCUT2D eigenvalue weighted by Gasteiger charge is 2.22. The monoisotopic (exact) mass is 246 g/mol. The molecule has 1 saturated heterocycles. The highest BCUT2D eigenvalue weighted by atomic mass is 16.1. The van der Waals surface area contributed by atoms with E-state index < -0.39 is 0 Å². The number of rotatable bonds is 3. The molecule has 1 aromatic rings. The van der Waals surface area contributed by atoms with Crippen LogP contribution in [0.1, 0.15) is 36.9 Å². The Morgan fingerprint density at radius 2 is 2.33 bits per heavy atom. The van der Waals surface area contributed by atoms with Crippen LogP contribution in [0.15, 0.2) is 24.3 Å². The standard InChI is InChI=1S/C15H22N2O/c1-11-5-3-6-13(9-11)12(2)17-15(18)14-7-4-8-16-10-14/h3,5-6,9,12,14,16H,4,7-8,10H2,1-2H3,(H,17,18)/t12-,14+/m0/s1. The number of benzene rings is 1. The van der Waals surface area contributed by atoms with Crippen molar-refractivity contribution in [2.75, 3.05) is 13.1 Å². The first-order chi connectivity index (χ1) is 8.66. The molecule has 0 aliphatic carbocycles. The van der Waals surface area contributed by atoms with E-state index in [-0.39, 0.29) is 17.9 Å². The highest BCUT2D eigenvalue weighted by Crippen LogP contribution is 2.16. The van der Waals surface area contributed by atoms with E-state index >= 15 is 0 Å². The SMILES string of the molecule is Cc1cccc([C@H](C)NC(=O)[C@@H]2CCCNC2)c1. The van der Waals surface area contributed by atoms with Crippen molar-refractivity contribution in [2.45, 2.75) is 32.7 Å². The van der Waals surface area contributed by atoms with Gasteiger partial charge in [0.25, 0.3) is 0 Å². The molecule has 1 aliphatic rings. The Morgan fingerprint density at radius 3 is 3.00 bits per heavy atom. The van der Waals surface area contributed by atoms with E-state index in [0.29, 0.717) is 0 Å². The fraction of sp³-hybridized carbons (Fsp3) is 0.533. The quantitative estimate of drug-likeness (QED) is 0.858. The van der Waals surface area contributed by atoms with Gasteiger partial charge in [0.2, 0.25) is 5.91 Å². The summed E-state index contributed by atoms with van der Waals surface area (Å²) in [4.78, 5) is 12.1. The van der Waals surface area contributed by atoms with Crippen molar-refractivity contribution in [3.05, 3.63) is 35.4 Å². The molecule has 1 aliphatic heterocycles. The van der Waals surface area contributed by atoms with E-state index in [1.165, 1.54) is 11.1 Å². The summed E-state index contributed by atoms with van der Waals surface area (Å²) in [6.45, 7) is 5.97. The van der Waals surface area contributed by atoms with Crippen LogP contribution in [0.2, 0.25) is 0 Å². The van der Waals surface area contributed by atoms with Crippen LogP contribution in [-0.2, 0) is 4.79 Å². The predicted octanol–water partition coefficient (Wildman–Crippen LogP) is 2.17. The fourth-order valence-electron chi connectivity index (χ4n) is 2.43. The Labute approximate surface area is 109 Å². The second-order valence-electron chi connectivity index (χ2n) is 5.19. The maximum atomic E-state index is 12.1. The van der Waals surface area contributed by atoms with Crippen molar-refractivity contribution in [3.63, 3.8) is 0 Å². The summed E-state index contributed by atoms with van der Waals surface area (Å²) in [5.74, 6) is 0.308. The normalized spacial score (nSPS) is 21.3. The van der Waals surface area contributed by atoms with E-state index in [1.807, 2.05) is 13.0 Å². The van der Waals surface area contributed by atoms with E-state index in [0.717, 1.165) is 25.9 Å². The maximum Gasteiger partial charge on any atom is 0.224 e. The summed E-state index contributed by atoms with van der Waals surface area (Å²) >= 11 is 0. The third-order valence-corrected chi connectivity index (χ3v) is 3.57. The highest BCUT2D eigenvalue weighted by molar-refractivity contribution is 5.79. The van der Waals surface area contributed by atoms with Crippen molar-refractivity contribution in [2.24, 2.45) is 5.92 Å². The largest absolute Gasteiger partial charge is 0.349 e. The molecule has 0 unspecified atom stereocenters. The van der Waals surface area contributed by atoms with Crippen LogP contribution in [0.25, 0.3) is 0 Å². The van der Waals surface area contributed by atoms with Gasteiger partial charge in [-0.1, -0.05) is 29.8 Å². The van der Waals surface area contributed by atoms with E-state index in [9.17, 15) is 4.79 Å². The van der Waals surface area contributed by atoms with Gasteiger partial charge in [0.05, 0.1) is 12.0 Å². The van der Waals surface area contributed by atoms with Crippen LogP contribution in [0.4, 0.5) is 0 Å². The van der Waals surface area contributed by atoms with Gasteiger partial charge in [0.1, 0.15) is 0 Å². The van der Waals surface area contributed by atoms with Gasteiger partial charge in [0, 0.05) is 6.54 Å². The lowest BCUT2D eigenvalue weighted by Crippen LogP contribution is -2.41. The Balaban J connectivity index is 1.94. The summed E-state index contributed by atoms with van der Waals surface area (Å²) < 4.78 is 0. The van der Waals surface area contributed by atoms with Crippen molar-refractivity contribution in [1.29, 1.82) is 0 Å². The first-order valence-corrected chi connectivity index (χ1v) is 6.74. The molecule has 1 amide bonds. The van der Waals surface area contributed by atoms with Gasteiger partial charge in [-0.3, -0.25) is 4.79 Å². The van der Waals surface area contributed by atoms with Crippen molar-refractivity contribution in [3.8, 4) is 0 Å². The molecule has 0 aromatic heterocycles. The van der Waals surface area contributed by atoms with Crippen LogP contribution >= 0.6 is 0 Å². The van der Waals surface area contributed by atoms with Gasteiger partial charge in [-0.2, -0.15) is 0 Å². The molecule has 0 bridgehead atoms. The average molecular weight is 246 g/mol. The van der Waals surface area contributed by atoms with E-state index in [4.69, 9.17) is 0 Å². The lowest BCUT2D eigenvalue weighted by molar-refractivity contribution is -0.126. The van der Waals surface area contributed by atoms with Gasteiger partial charge >= 0.3 is 0 Å². The third kappa shape index (κ3) is 3.33. The molecule has 1 fully saturated rings. The van der Waals surface area contributed by atoms with Gasteiger partial charge in [0.15, 0.2) is 0 Å². The molecule has 2 N–H and O–H groups in total. The number of amides is 1. The van der Waals surface area contributed by atoms with E-state index in [2.05, 4.69) is 35.8 Å². The first-order valence-electron chi connectivity index (χ1n) is 6.74. The molecule has 0 spiro atoms. The summed E-state index contributed by atoms with van der Waals surface area (Å²) in [7, 11) is 0. The van der Waals surface area contributed by atoms with Crippen LogP contribution in [0, 0.1) is 12.8 Å². The lowest BCUT2D eigenvalue weighted by Gasteiger charge is -2.24. The topological polar surface area (TPSA) is 41.1 Å². The number of piperidine rings is 1. The Morgan fingerprint density at radius 1 is 1.50 bits per heavy atom. The van der Waals surface area contributed by atoms with Crippen LogP contribution in [0.3, 0.4) is 0 Å². The minimum absolute atomic E-state index is 0.0827. The van der Waals surface area contributed by atoms with Gasteiger partial charge in [-0.15, -0.1) is 0 Å². The summed E-state index contributed by atoms with van der Waals surface area (Å²) in [6, 6.07) is 8.39. The zero-order valence-electron chi connectivity index (χ0n) is 11.2. The zero-order chi connectivity index (χ0) is 13.0. The minimum Gasteiger partial charge on any atom is -0.349 e. The molecule has 2 rings (SSSR count). The molecule has 1 heterocycles. The Hall–Kier alpha value is -1.35. The Kier molecular flexibility index (Phi) is 4.37. The van der Waals surface area contributed by atoms with Gasteiger partial charge in [-0.25, -0.2) is 0 Å². The minimum atomic E-state index is 0.0827. The number of hydrogen-bond acceptors (Lipinski definition) is 2. The summed E-state index contributed by atoms with van der Waals surface area (Å²) in [5, 5.41) is 6.39. The van der Waals surface area contributed by atoms with Crippen LogP contribution < -0.4 is 10.6 Å². The number of carbonyl (C=O) groups excluding carboxylic acids is 1. The number of aryl methyl sites for hydroxylation is 1. The van der Waals surface area contributed by atoms with Crippen molar-refractivity contribution in [1.82, 2.24) is 10.6 Å². The van der Waals surface area contributed by atoms with Crippen LogP contribution in [-0.4, -0.2) is 19.0 Å². The molecule has 1 aromatic carbocycles. The lowest BCUT2D eigenvalue weighted by atomic mass is 9.97. The van der Waals surface area contributed by atoms with Gasteiger partial charge in [-0.05, 0) is 38.8 Å². The van der Waals surface area contributed by atoms with Crippen molar-refractivity contribution < 1.29 is 4.79 Å². The maximum absolute atomic E-state index is 12.1. The fourth-order valence-corrected chi connectivity index (χ4v) is 2.43. The smallest absolute Gasteiger partial charge is 0.224 e. The van der Waals surface area contributed by atoms with E-state index in [1.54, 1.807) is 0 Å². The zero-order valence-corrected chi connectivity index (χ0v) is 11.2. The van der Waals surface area contributed by atoms with Crippen LogP contribution in [0.5, 0.6) is 0 Å². The molecule has 0 saturated carbocycles. The molecule has 2 atom stereocenters. The second-order valence-corrected chi connectivity index (χ2v) is 5.19. The van der Waals surface area contributed by atoms with Crippen molar-refractivity contribution >= 4 is 5.91 Å². The molecular formula is C15H22N2O. The molecular weight excluding hydrogens is 224 g/mol. The van der Waals surface area contributed by atoms with Gasteiger partial charge < -0.3 is 10.6 Å². The first kappa shape index (κ1) is 13.1. The number of carbonyl (C=O) groups is 1. The summed E-state index contributed by atoms with van der Waals surface area (Å²) in [6.07, 6.45) is 2.09. The number of hydrogen-bond donors (Lipinski definition) is 2.